The molecule has 0 bridgehead atoms. The van der Waals surface area contributed by atoms with Crippen LogP contribution in [0.25, 0.3) is 0 Å². The molecule has 17 heavy (non-hydrogen) atoms. The fourth-order valence-corrected chi connectivity index (χ4v) is 2.13. The molecule has 0 spiro atoms. The second kappa shape index (κ2) is 5.05. The van der Waals surface area contributed by atoms with Gasteiger partial charge in [-0.1, -0.05) is 0 Å². The first kappa shape index (κ1) is 12.4. The Morgan fingerprint density at radius 1 is 1.47 bits per heavy atom. The fourth-order valence-electron chi connectivity index (χ4n) is 2.13. The van der Waals surface area contributed by atoms with Gasteiger partial charge in [0.2, 0.25) is 0 Å². The molecule has 1 saturated carbocycles. The normalized spacial score (nSPS) is 15.4. The molecule has 1 aromatic rings. The average Bonchev–Trinajstić information content (AvgIpc) is 3.10. The third-order valence-electron chi connectivity index (χ3n) is 3.34. The first-order chi connectivity index (χ1) is 8.11. The standard InChI is InChI=1S/C14H22N2O/c1-10(2)16(8-12-4-5-12)14-11(3)6-13(9-17)7-15-14/h6-7,10,12,17H,4-5,8-9H2,1-3H3. The largest absolute Gasteiger partial charge is 0.392 e. The molecule has 1 N–H and O–H groups in total. The number of hydrogen-bond acceptors (Lipinski definition) is 3. The Hall–Kier alpha value is -1.09. The first-order valence-corrected chi connectivity index (χ1v) is 6.45. The van der Waals surface area contributed by atoms with Crippen LogP contribution in [-0.4, -0.2) is 22.7 Å². The first-order valence-electron chi connectivity index (χ1n) is 6.45. The van der Waals surface area contributed by atoms with Crippen LogP contribution >= 0.6 is 0 Å². The second-order valence-electron chi connectivity index (χ2n) is 5.33. The van der Waals surface area contributed by atoms with E-state index < -0.39 is 0 Å². The predicted octanol–water partition coefficient (Wildman–Crippen LogP) is 2.51. The smallest absolute Gasteiger partial charge is 0.131 e. The molecule has 0 aliphatic heterocycles. The Kier molecular flexibility index (Phi) is 3.67. The number of hydrogen-bond donors (Lipinski definition) is 1. The zero-order chi connectivity index (χ0) is 12.4. The Morgan fingerprint density at radius 3 is 2.65 bits per heavy atom. The minimum atomic E-state index is 0.0679. The summed E-state index contributed by atoms with van der Waals surface area (Å²) in [7, 11) is 0. The van der Waals surface area contributed by atoms with Gasteiger partial charge in [0.25, 0.3) is 0 Å². The number of anilines is 1. The monoisotopic (exact) mass is 234 g/mol. The fraction of sp³-hybridized carbons (Fsp3) is 0.643. The molecule has 1 fully saturated rings. The minimum Gasteiger partial charge on any atom is -0.392 e. The van der Waals surface area contributed by atoms with Crippen LogP contribution in [0.3, 0.4) is 0 Å². The molecule has 0 amide bonds. The number of aryl methyl sites for hydroxylation is 1. The van der Waals surface area contributed by atoms with E-state index in [2.05, 4.69) is 30.7 Å². The molecule has 1 aliphatic carbocycles. The van der Waals surface area contributed by atoms with Gasteiger partial charge in [-0.2, -0.15) is 0 Å². The zero-order valence-corrected chi connectivity index (χ0v) is 11.0. The Balaban J connectivity index is 2.21. The van der Waals surface area contributed by atoms with Crippen LogP contribution < -0.4 is 4.90 Å². The molecule has 0 saturated heterocycles. The molecule has 0 atom stereocenters. The summed E-state index contributed by atoms with van der Waals surface area (Å²) in [6, 6.07) is 2.51. The van der Waals surface area contributed by atoms with Crippen LogP contribution in [0.5, 0.6) is 0 Å². The van der Waals surface area contributed by atoms with Crippen LogP contribution in [0.4, 0.5) is 5.82 Å². The van der Waals surface area contributed by atoms with Crippen molar-refractivity contribution in [3.05, 3.63) is 23.4 Å². The van der Waals surface area contributed by atoms with Gasteiger partial charge in [0, 0.05) is 18.8 Å². The van der Waals surface area contributed by atoms with Crippen molar-refractivity contribution < 1.29 is 5.11 Å². The summed E-state index contributed by atoms with van der Waals surface area (Å²) in [5.41, 5.74) is 2.05. The van der Waals surface area contributed by atoms with Crippen LogP contribution in [-0.2, 0) is 6.61 Å². The van der Waals surface area contributed by atoms with Crippen molar-refractivity contribution in [3.8, 4) is 0 Å². The third kappa shape index (κ3) is 2.97. The van der Waals surface area contributed by atoms with E-state index >= 15 is 0 Å². The highest BCUT2D eigenvalue weighted by molar-refractivity contribution is 5.48. The molecular formula is C14H22N2O. The summed E-state index contributed by atoms with van der Waals surface area (Å²) in [5.74, 6) is 1.93. The van der Waals surface area contributed by atoms with Crippen molar-refractivity contribution in [2.45, 2.75) is 46.3 Å². The van der Waals surface area contributed by atoms with Crippen molar-refractivity contribution in [2.24, 2.45) is 5.92 Å². The molecule has 1 aromatic heterocycles. The van der Waals surface area contributed by atoms with Gasteiger partial charge < -0.3 is 10.0 Å². The molecule has 0 radical (unpaired) electrons. The van der Waals surface area contributed by atoms with Gasteiger partial charge in [0.1, 0.15) is 5.82 Å². The van der Waals surface area contributed by atoms with Crippen molar-refractivity contribution in [1.29, 1.82) is 0 Å². The topological polar surface area (TPSA) is 36.4 Å². The van der Waals surface area contributed by atoms with Gasteiger partial charge in [0.15, 0.2) is 0 Å². The van der Waals surface area contributed by atoms with E-state index in [1.807, 2.05) is 6.07 Å². The lowest BCUT2D eigenvalue weighted by atomic mass is 10.1. The summed E-state index contributed by atoms with van der Waals surface area (Å²) in [6.07, 6.45) is 4.50. The summed E-state index contributed by atoms with van der Waals surface area (Å²) in [6.45, 7) is 7.68. The summed E-state index contributed by atoms with van der Waals surface area (Å²) in [5, 5.41) is 9.10. The maximum Gasteiger partial charge on any atom is 0.131 e. The van der Waals surface area contributed by atoms with Crippen LogP contribution in [0.2, 0.25) is 0 Å². The number of aliphatic hydroxyl groups excluding tert-OH is 1. The van der Waals surface area contributed by atoms with E-state index in [4.69, 9.17) is 5.11 Å². The third-order valence-corrected chi connectivity index (χ3v) is 3.34. The average molecular weight is 234 g/mol. The lowest BCUT2D eigenvalue weighted by Crippen LogP contribution is -2.34. The van der Waals surface area contributed by atoms with E-state index in [1.165, 1.54) is 12.8 Å². The van der Waals surface area contributed by atoms with Crippen molar-refractivity contribution >= 4 is 5.82 Å². The minimum absolute atomic E-state index is 0.0679. The van der Waals surface area contributed by atoms with E-state index in [9.17, 15) is 0 Å². The maximum atomic E-state index is 9.10. The molecule has 3 heteroatoms. The van der Waals surface area contributed by atoms with Gasteiger partial charge >= 0.3 is 0 Å². The van der Waals surface area contributed by atoms with E-state index in [0.717, 1.165) is 29.4 Å². The molecular weight excluding hydrogens is 212 g/mol. The SMILES string of the molecule is Cc1cc(CO)cnc1N(CC1CC1)C(C)C. The van der Waals surface area contributed by atoms with E-state index in [1.54, 1.807) is 6.20 Å². The lowest BCUT2D eigenvalue weighted by molar-refractivity contribution is 0.281. The number of nitrogens with zero attached hydrogens (tertiary/aromatic N) is 2. The summed E-state index contributed by atoms with van der Waals surface area (Å²) in [4.78, 5) is 6.90. The number of aromatic nitrogens is 1. The Bertz CT molecular complexity index is 386. The molecule has 0 unspecified atom stereocenters. The molecule has 3 nitrogen and oxygen atoms in total. The Labute approximate surface area is 103 Å². The van der Waals surface area contributed by atoms with E-state index in [0.29, 0.717) is 6.04 Å². The van der Waals surface area contributed by atoms with Crippen LogP contribution in [0, 0.1) is 12.8 Å². The van der Waals surface area contributed by atoms with Crippen molar-refractivity contribution in [2.75, 3.05) is 11.4 Å². The summed E-state index contributed by atoms with van der Waals surface area (Å²) >= 11 is 0. The van der Waals surface area contributed by atoms with Gasteiger partial charge in [0.05, 0.1) is 6.61 Å². The molecule has 2 rings (SSSR count). The summed E-state index contributed by atoms with van der Waals surface area (Å²) < 4.78 is 0. The van der Waals surface area contributed by atoms with Crippen LogP contribution in [0.1, 0.15) is 37.8 Å². The zero-order valence-electron chi connectivity index (χ0n) is 11.0. The number of aliphatic hydroxyl groups is 1. The van der Waals surface area contributed by atoms with Gasteiger partial charge in [-0.25, -0.2) is 4.98 Å². The highest BCUT2D eigenvalue weighted by Gasteiger charge is 2.26. The second-order valence-corrected chi connectivity index (χ2v) is 5.33. The van der Waals surface area contributed by atoms with Gasteiger partial charge in [-0.05, 0) is 56.7 Å². The maximum absolute atomic E-state index is 9.10. The lowest BCUT2D eigenvalue weighted by Gasteiger charge is -2.29. The van der Waals surface area contributed by atoms with Crippen LogP contribution in [0.15, 0.2) is 12.3 Å². The Morgan fingerprint density at radius 2 is 2.18 bits per heavy atom. The van der Waals surface area contributed by atoms with Crippen molar-refractivity contribution in [3.63, 3.8) is 0 Å². The van der Waals surface area contributed by atoms with Gasteiger partial charge in [-0.3, -0.25) is 0 Å². The quantitative estimate of drug-likeness (QED) is 0.850. The predicted molar refractivity (Wildman–Crippen MR) is 70.1 cm³/mol. The molecule has 0 aromatic carbocycles. The highest BCUT2D eigenvalue weighted by atomic mass is 16.3. The number of pyridine rings is 1. The molecule has 94 valence electrons. The van der Waals surface area contributed by atoms with E-state index in [-0.39, 0.29) is 6.61 Å². The molecule has 1 aliphatic rings. The highest BCUT2D eigenvalue weighted by Crippen LogP contribution is 2.32. The molecule has 1 heterocycles. The number of rotatable bonds is 5. The van der Waals surface area contributed by atoms with Crippen molar-refractivity contribution in [1.82, 2.24) is 4.98 Å². The van der Waals surface area contributed by atoms with Gasteiger partial charge in [-0.15, -0.1) is 0 Å².